The molecule has 0 aliphatic carbocycles. The SMILES string of the molecule is Cc1nn(CC(=O)NCC(C)C)c2nc(-c3ccccc3)cc(C(F)F)c12. The van der Waals surface area contributed by atoms with Crippen LogP contribution in [0.25, 0.3) is 22.3 Å². The third-order valence-electron chi connectivity index (χ3n) is 4.21. The van der Waals surface area contributed by atoms with Crippen molar-refractivity contribution in [3.05, 3.63) is 47.7 Å². The van der Waals surface area contributed by atoms with Gasteiger partial charge >= 0.3 is 0 Å². The molecule has 0 saturated heterocycles. The number of aryl methyl sites for hydroxylation is 1. The van der Waals surface area contributed by atoms with Crippen LogP contribution in [0.2, 0.25) is 0 Å². The summed E-state index contributed by atoms with van der Waals surface area (Å²) in [4.78, 5) is 16.7. The molecule has 0 unspecified atom stereocenters. The molecule has 5 nitrogen and oxygen atoms in total. The van der Waals surface area contributed by atoms with E-state index in [0.29, 0.717) is 34.9 Å². The molecule has 0 fully saturated rings. The largest absolute Gasteiger partial charge is 0.354 e. The first-order valence-electron chi connectivity index (χ1n) is 8.85. The van der Waals surface area contributed by atoms with Crippen molar-refractivity contribution in [3.63, 3.8) is 0 Å². The first-order valence-corrected chi connectivity index (χ1v) is 8.85. The standard InChI is InChI=1S/C20H22F2N4O/c1-12(2)10-23-17(27)11-26-20-18(13(3)25-26)15(19(21)22)9-16(24-20)14-7-5-4-6-8-14/h4-9,12,19H,10-11H2,1-3H3,(H,23,27). The first-order chi connectivity index (χ1) is 12.9. The lowest BCUT2D eigenvalue weighted by Crippen LogP contribution is -2.31. The fourth-order valence-electron chi connectivity index (χ4n) is 2.94. The highest BCUT2D eigenvalue weighted by atomic mass is 19.3. The third kappa shape index (κ3) is 4.13. The Morgan fingerprint density at radius 3 is 2.56 bits per heavy atom. The molecule has 0 spiro atoms. The van der Waals surface area contributed by atoms with Crippen LogP contribution in [0.1, 0.15) is 31.5 Å². The predicted molar refractivity (Wildman–Crippen MR) is 101 cm³/mol. The van der Waals surface area contributed by atoms with Crippen LogP contribution in [0.5, 0.6) is 0 Å². The van der Waals surface area contributed by atoms with Crippen molar-refractivity contribution < 1.29 is 13.6 Å². The van der Waals surface area contributed by atoms with E-state index in [-0.39, 0.29) is 18.0 Å². The van der Waals surface area contributed by atoms with Crippen LogP contribution in [0, 0.1) is 12.8 Å². The minimum absolute atomic E-state index is 0.0645. The Hall–Kier alpha value is -2.83. The average molecular weight is 372 g/mol. The molecule has 1 amide bonds. The summed E-state index contributed by atoms with van der Waals surface area (Å²) in [5, 5.41) is 7.41. The third-order valence-corrected chi connectivity index (χ3v) is 4.21. The van der Waals surface area contributed by atoms with Crippen molar-refractivity contribution in [2.75, 3.05) is 6.54 Å². The first kappa shape index (κ1) is 18.9. The Labute approximate surface area is 156 Å². The number of rotatable bonds is 6. The number of hydrogen-bond acceptors (Lipinski definition) is 3. The number of fused-ring (bicyclic) bond motifs is 1. The number of benzene rings is 1. The van der Waals surface area contributed by atoms with E-state index in [9.17, 15) is 13.6 Å². The maximum atomic E-state index is 13.7. The van der Waals surface area contributed by atoms with Gasteiger partial charge in [-0.25, -0.2) is 18.4 Å². The molecule has 0 aliphatic heterocycles. The van der Waals surface area contributed by atoms with Crippen LogP contribution < -0.4 is 5.32 Å². The Balaban J connectivity index is 2.08. The van der Waals surface area contributed by atoms with Gasteiger partial charge in [0, 0.05) is 17.7 Å². The van der Waals surface area contributed by atoms with Gasteiger partial charge in [0.2, 0.25) is 5.91 Å². The zero-order chi connectivity index (χ0) is 19.6. The summed E-state index contributed by atoms with van der Waals surface area (Å²) in [5.74, 6) is 0.0944. The number of aromatic nitrogens is 3. The van der Waals surface area contributed by atoms with Gasteiger partial charge in [0.25, 0.3) is 6.43 Å². The van der Waals surface area contributed by atoms with E-state index < -0.39 is 6.43 Å². The molecular weight excluding hydrogens is 350 g/mol. The molecule has 0 saturated carbocycles. The maximum Gasteiger partial charge on any atom is 0.264 e. The molecule has 0 atom stereocenters. The zero-order valence-electron chi connectivity index (χ0n) is 15.5. The van der Waals surface area contributed by atoms with E-state index in [1.165, 1.54) is 10.7 Å². The maximum absolute atomic E-state index is 13.7. The Morgan fingerprint density at radius 1 is 1.22 bits per heavy atom. The Bertz CT molecular complexity index is 952. The molecule has 2 aromatic heterocycles. The number of hydrogen-bond donors (Lipinski definition) is 1. The number of carbonyl (C=O) groups excluding carboxylic acids is 1. The molecule has 27 heavy (non-hydrogen) atoms. The monoisotopic (exact) mass is 372 g/mol. The van der Waals surface area contributed by atoms with Crippen molar-refractivity contribution in [1.29, 1.82) is 0 Å². The summed E-state index contributed by atoms with van der Waals surface area (Å²) in [6, 6.07) is 10.5. The van der Waals surface area contributed by atoms with Crippen molar-refractivity contribution in [1.82, 2.24) is 20.1 Å². The van der Waals surface area contributed by atoms with Crippen molar-refractivity contribution in [3.8, 4) is 11.3 Å². The number of nitrogens with zero attached hydrogens (tertiary/aromatic N) is 3. The fourth-order valence-corrected chi connectivity index (χ4v) is 2.94. The van der Waals surface area contributed by atoms with E-state index in [0.717, 1.165) is 5.56 Å². The summed E-state index contributed by atoms with van der Waals surface area (Å²) in [5.41, 5.74) is 1.77. The van der Waals surface area contributed by atoms with Crippen molar-refractivity contribution >= 4 is 16.9 Å². The second kappa shape index (κ2) is 7.82. The Morgan fingerprint density at radius 2 is 1.93 bits per heavy atom. The molecule has 1 N–H and O–H groups in total. The quantitative estimate of drug-likeness (QED) is 0.708. The van der Waals surface area contributed by atoms with Crippen LogP contribution >= 0.6 is 0 Å². The van der Waals surface area contributed by atoms with E-state index in [1.54, 1.807) is 6.92 Å². The van der Waals surface area contributed by atoms with Crippen LogP contribution in [-0.2, 0) is 11.3 Å². The van der Waals surface area contributed by atoms with Gasteiger partial charge in [-0.15, -0.1) is 0 Å². The highest BCUT2D eigenvalue weighted by Gasteiger charge is 2.21. The minimum atomic E-state index is -2.66. The topological polar surface area (TPSA) is 59.8 Å². The summed E-state index contributed by atoms with van der Waals surface area (Å²) >= 11 is 0. The second-order valence-electron chi connectivity index (χ2n) is 6.90. The molecule has 3 aromatic rings. The Kier molecular flexibility index (Phi) is 5.48. The zero-order valence-corrected chi connectivity index (χ0v) is 15.5. The molecule has 142 valence electrons. The summed E-state index contributed by atoms with van der Waals surface area (Å²) < 4.78 is 28.8. The van der Waals surface area contributed by atoms with Crippen LogP contribution in [0.15, 0.2) is 36.4 Å². The van der Waals surface area contributed by atoms with Gasteiger partial charge in [-0.3, -0.25) is 4.79 Å². The molecule has 0 radical (unpaired) electrons. The summed E-state index contributed by atoms with van der Waals surface area (Å²) in [7, 11) is 0. The lowest BCUT2D eigenvalue weighted by molar-refractivity contribution is -0.121. The average Bonchev–Trinajstić information content (AvgIpc) is 2.95. The number of alkyl halides is 2. The van der Waals surface area contributed by atoms with Gasteiger partial charge in [0.15, 0.2) is 5.65 Å². The molecule has 0 bridgehead atoms. The molecule has 2 heterocycles. The predicted octanol–water partition coefficient (Wildman–Crippen LogP) is 4.12. The van der Waals surface area contributed by atoms with Gasteiger partial charge < -0.3 is 5.32 Å². The highest BCUT2D eigenvalue weighted by molar-refractivity contribution is 5.87. The lowest BCUT2D eigenvalue weighted by Gasteiger charge is -2.10. The van der Waals surface area contributed by atoms with Crippen LogP contribution in [-0.4, -0.2) is 27.2 Å². The van der Waals surface area contributed by atoms with Crippen LogP contribution in [0.4, 0.5) is 8.78 Å². The number of nitrogens with one attached hydrogen (secondary N) is 1. The van der Waals surface area contributed by atoms with E-state index in [2.05, 4.69) is 15.4 Å². The second-order valence-corrected chi connectivity index (χ2v) is 6.90. The number of halogens is 2. The normalized spacial score (nSPS) is 11.5. The van der Waals surface area contributed by atoms with E-state index in [4.69, 9.17) is 0 Å². The number of amides is 1. The summed E-state index contributed by atoms with van der Waals surface area (Å²) in [6.45, 7) is 6.13. The van der Waals surface area contributed by atoms with Crippen molar-refractivity contribution in [2.24, 2.45) is 5.92 Å². The van der Waals surface area contributed by atoms with Crippen molar-refractivity contribution in [2.45, 2.75) is 33.7 Å². The van der Waals surface area contributed by atoms with Gasteiger partial charge in [0.1, 0.15) is 6.54 Å². The molecule has 3 rings (SSSR count). The van der Waals surface area contributed by atoms with Gasteiger partial charge in [0.05, 0.1) is 16.8 Å². The number of carbonyl (C=O) groups is 1. The molecule has 1 aromatic carbocycles. The fraction of sp³-hybridized carbons (Fsp3) is 0.350. The van der Waals surface area contributed by atoms with Gasteiger partial charge in [-0.2, -0.15) is 5.10 Å². The number of pyridine rings is 1. The smallest absolute Gasteiger partial charge is 0.264 e. The van der Waals surface area contributed by atoms with Crippen LogP contribution in [0.3, 0.4) is 0 Å². The van der Waals surface area contributed by atoms with E-state index in [1.807, 2.05) is 44.2 Å². The van der Waals surface area contributed by atoms with E-state index >= 15 is 0 Å². The molecular formula is C20H22F2N4O. The molecule has 7 heteroatoms. The lowest BCUT2D eigenvalue weighted by atomic mass is 10.1. The summed E-state index contributed by atoms with van der Waals surface area (Å²) in [6.07, 6.45) is -2.66. The molecule has 0 aliphatic rings. The minimum Gasteiger partial charge on any atom is -0.354 e. The van der Waals surface area contributed by atoms with Gasteiger partial charge in [-0.05, 0) is 18.9 Å². The van der Waals surface area contributed by atoms with Gasteiger partial charge in [-0.1, -0.05) is 44.2 Å². The highest BCUT2D eigenvalue weighted by Crippen LogP contribution is 2.32.